The van der Waals surface area contributed by atoms with Crippen LogP contribution >= 0.6 is 15.9 Å². The Balaban J connectivity index is 0.000000200. The lowest BCUT2D eigenvalue weighted by molar-refractivity contribution is 1.18. The van der Waals surface area contributed by atoms with E-state index in [0.717, 1.165) is 120 Å². The van der Waals surface area contributed by atoms with Crippen molar-refractivity contribution in [1.29, 1.82) is 0 Å². The van der Waals surface area contributed by atoms with Gasteiger partial charge in [-0.15, -0.1) is 0 Å². The van der Waals surface area contributed by atoms with Gasteiger partial charge in [-0.05, 0) is 271 Å². The second kappa shape index (κ2) is 35.3. The monoisotopic (exact) mass is 1410 g/mol. The van der Waals surface area contributed by atoms with Crippen molar-refractivity contribution < 1.29 is 1.43 Å². The van der Waals surface area contributed by atoms with Crippen LogP contribution in [0.25, 0.3) is 0 Å². The lowest BCUT2D eigenvalue weighted by Crippen LogP contribution is -2.09. The Morgan fingerprint density at radius 3 is 0.592 bits per heavy atom. The van der Waals surface area contributed by atoms with Gasteiger partial charge < -0.3 is 42.1 Å². The zero-order valence-electron chi connectivity index (χ0n) is 56.6. The highest BCUT2D eigenvalue weighted by molar-refractivity contribution is 9.10. The highest BCUT2D eigenvalue weighted by Crippen LogP contribution is 2.38. The quantitative estimate of drug-likeness (QED) is 0.0454. The number of halogens is 1. The first kappa shape index (κ1) is 70.1. The molecule has 0 aliphatic carbocycles. The number of para-hydroxylation sites is 6. The van der Waals surface area contributed by atoms with Crippen LogP contribution in [-0.2, 0) is 19.3 Å². The predicted octanol–water partition coefficient (Wildman–Crippen LogP) is 26.3. The lowest BCUT2D eigenvalue weighted by atomic mass is 10.0. The van der Waals surface area contributed by atoms with Gasteiger partial charge in [-0.1, -0.05) is 205 Å². The molecule has 508 valence electrons. The minimum absolute atomic E-state index is 0. The molecular formula is C94H85BrN8. The summed E-state index contributed by atoms with van der Waals surface area (Å²) in [5.41, 5.74) is 37.2. The number of anilines is 17. The number of benzene rings is 15. The highest BCUT2D eigenvalue weighted by atomic mass is 79.9. The molecule has 0 saturated carbocycles. The molecule has 0 fully saturated rings. The van der Waals surface area contributed by atoms with Gasteiger partial charge in [-0.25, -0.2) is 0 Å². The Morgan fingerprint density at radius 1 is 0.204 bits per heavy atom. The average Bonchev–Trinajstić information content (AvgIpc) is 0.846. The zero-order valence-corrected chi connectivity index (χ0v) is 58.2. The van der Waals surface area contributed by atoms with Crippen LogP contribution in [0.15, 0.2) is 405 Å². The number of nitrogens with two attached hydrogens (primary N) is 2. The summed E-state index contributed by atoms with van der Waals surface area (Å²) in [5, 5.41) is 10.5. The van der Waals surface area contributed by atoms with E-state index >= 15 is 0 Å². The van der Waals surface area contributed by atoms with Crippen LogP contribution in [0.3, 0.4) is 0 Å². The van der Waals surface area contributed by atoms with Crippen molar-refractivity contribution in [3.05, 3.63) is 438 Å². The predicted molar refractivity (Wildman–Crippen MR) is 446 cm³/mol. The van der Waals surface area contributed by atoms with Crippen LogP contribution in [0.5, 0.6) is 0 Å². The van der Waals surface area contributed by atoms with Gasteiger partial charge in [0.1, 0.15) is 0 Å². The number of hydrogen-bond donors (Lipinski definition) is 5. The van der Waals surface area contributed by atoms with E-state index < -0.39 is 0 Å². The third-order valence-corrected chi connectivity index (χ3v) is 17.8. The lowest BCUT2D eigenvalue weighted by Gasteiger charge is -2.25. The van der Waals surface area contributed by atoms with Gasteiger partial charge in [0.25, 0.3) is 0 Å². The molecular weight excluding hydrogens is 1320 g/mol. The van der Waals surface area contributed by atoms with Gasteiger partial charge >= 0.3 is 0 Å². The maximum Gasteiger partial charge on any atom is 0.0463 e. The Bertz CT molecular complexity index is 4600. The first-order valence-electron chi connectivity index (χ1n) is 34.3. The molecule has 0 aromatic heterocycles. The Hall–Kier alpha value is -12.8. The van der Waals surface area contributed by atoms with E-state index in [-0.39, 0.29) is 8.85 Å². The number of hydrogen-bond acceptors (Lipinski definition) is 8. The average molecular weight is 1410 g/mol. The Morgan fingerprint density at radius 2 is 0.359 bits per heavy atom. The molecule has 0 aliphatic heterocycles. The van der Waals surface area contributed by atoms with Crippen LogP contribution in [0.1, 0.15) is 42.2 Å². The molecule has 0 heterocycles. The molecule has 0 unspecified atom stereocenters. The summed E-state index contributed by atoms with van der Waals surface area (Å²) < 4.78 is 1.09. The third kappa shape index (κ3) is 19.8. The molecule has 0 radical (unpaired) electrons. The fraction of sp³-hybridized carbons (Fsp3) is 0.0426. The van der Waals surface area contributed by atoms with Gasteiger partial charge in [0.15, 0.2) is 0 Å². The number of nitrogens with one attached hydrogen (secondary N) is 3. The van der Waals surface area contributed by atoms with Crippen LogP contribution in [-0.4, -0.2) is 0 Å². The molecule has 0 atom stereocenters. The summed E-state index contributed by atoms with van der Waals surface area (Å²) in [6.45, 7) is 0. The third-order valence-electron chi connectivity index (χ3n) is 17.3. The van der Waals surface area contributed by atoms with Crippen molar-refractivity contribution in [2.45, 2.75) is 26.7 Å². The molecule has 0 spiro atoms. The van der Waals surface area contributed by atoms with Gasteiger partial charge in [0.2, 0.25) is 0 Å². The number of nitrogens with zero attached hydrogens (tertiary/aromatic N) is 3. The van der Waals surface area contributed by atoms with Crippen molar-refractivity contribution >= 4 is 113 Å². The molecule has 7 N–H and O–H groups in total. The van der Waals surface area contributed by atoms with Crippen LogP contribution in [0, 0.1) is 0 Å². The molecule has 0 aliphatic rings. The Kier molecular flexibility index (Phi) is 24.0. The van der Waals surface area contributed by atoms with Crippen LogP contribution < -0.4 is 42.1 Å². The van der Waals surface area contributed by atoms with E-state index in [0.29, 0.717) is 0 Å². The minimum atomic E-state index is 0. The van der Waals surface area contributed by atoms with E-state index in [1.165, 1.54) is 33.4 Å². The minimum Gasteiger partial charge on any atom is -0.399 e. The first-order valence-corrected chi connectivity index (χ1v) is 35.0. The van der Waals surface area contributed by atoms with Crippen LogP contribution in [0.2, 0.25) is 0 Å². The summed E-state index contributed by atoms with van der Waals surface area (Å²) in [6, 6.07) is 139. The fourth-order valence-corrected chi connectivity index (χ4v) is 12.3. The topological polar surface area (TPSA) is 97.8 Å². The molecule has 103 heavy (non-hydrogen) atoms. The molecule has 15 aromatic rings. The molecule has 15 aromatic carbocycles. The first-order chi connectivity index (χ1) is 50.2. The smallest absolute Gasteiger partial charge is 0.0463 e. The largest absolute Gasteiger partial charge is 0.399 e. The van der Waals surface area contributed by atoms with E-state index in [4.69, 9.17) is 11.5 Å². The fourth-order valence-electron chi connectivity index (χ4n) is 12.1. The normalized spacial score (nSPS) is 10.5. The van der Waals surface area contributed by atoms with Crippen molar-refractivity contribution in [2.75, 3.05) is 42.1 Å². The van der Waals surface area contributed by atoms with Crippen LogP contribution in [0.4, 0.5) is 96.7 Å². The summed E-state index contributed by atoms with van der Waals surface area (Å²) in [5.74, 6) is 0. The maximum absolute atomic E-state index is 5.71. The SMILES string of the molecule is Brc1ccc(N(c2ccccc2)c2ccccc2)cc1.C.Nc1ccc(Cc2ccc(Nc3ccc(N)cc3)cc2)cc1.[2HH].c1ccc(N(c2ccccc2)c2ccc(Cc3ccc(Nc4ccc(Cc5ccc(Nc6ccc(N(c7ccccc7)c7ccccc7)cc6)cc5)cc4)cc3)cc2)cc1. The van der Waals surface area contributed by atoms with E-state index in [2.05, 4.69) is 386 Å². The highest BCUT2D eigenvalue weighted by Gasteiger charge is 2.15. The van der Waals surface area contributed by atoms with E-state index in [9.17, 15) is 0 Å². The zero-order chi connectivity index (χ0) is 69.5. The molecule has 0 amide bonds. The Labute approximate surface area is 617 Å². The summed E-state index contributed by atoms with van der Waals surface area (Å²) in [7, 11) is 0. The number of nitrogen functional groups attached to an aromatic ring is 2. The maximum atomic E-state index is 5.71. The van der Waals surface area contributed by atoms with E-state index in [1.807, 2.05) is 60.7 Å². The summed E-state index contributed by atoms with van der Waals surface area (Å²) >= 11 is 3.49. The molecule has 8 nitrogen and oxygen atoms in total. The van der Waals surface area contributed by atoms with E-state index in [1.54, 1.807) is 0 Å². The van der Waals surface area contributed by atoms with Crippen molar-refractivity contribution in [1.82, 2.24) is 0 Å². The standard InChI is InChI=1S/C56H46N4.C19H19N3.C18H14BrN.CH4.H2/c1-5-13-51(14-6-1)59(52-15-7-2-8-16-52)55-37-27-46(28-38-55)42-45-25-31-48(32-26-45)57-47-29-21-43(22-30-47)41-44-23-33-49(34-24-44)58-50-35-39-56(40-36-50)60(53-17-9-3-10-18-53)54-19-11-4-12-20-54;20-16-5-1-14(2-6-16)13-15-3-9-18(10-4-15)22-19-11-7-17(21)8-12-19;19-15-11-13-18(14-12-15)20(16-7-3-1-4-8-16)17-9-5-2-6-10-17;;/h1-40,57-58H,41-42H2;1-12,22H,13,20-21H2;1-14H;1H4;1H/i;;;;1+1. The number of rotatable bonds is 21. The van der Waals surface area contributed by atoms with Crippen molar-refractivity contribution in [3.63, 3.8) is 0 Å². The van der Waals surface area contributed by atoms with Crippen molar-refractivity contribution in [3.8, 4) is 0 Å². The molecule has 9 heteroatoms. The van der Waals surface area contributed by atoms with Gasteiger partial charge in [-0.3, -0.25) is 0 Å². The molecule has 0 saturated heterocycles. The van der Waals surface area contributed by atoms with Crippen molar-refractivity contribution in [2.24, 2.45) is 0 Å². The summed E-state index contributed by atoms with van der Waals surface area (Å²) in [6.07, 6.45) is 2.65. The second-order valence-electron chi connectivity index (χ2n) is 24.8. The molecule has 0 bridgehead atoms. The second-order valence-corrected chi connectivity index (χ2v) is 25.7. The molecule has 15 rings (SSSR count). The van der Waals surface area contributed by atoms with Gasteiger partial charge in [0, 0.05) is 103 Å². The van der Waals surface area contributed by atoms with Gasteiger partial charge in [-0.2, -0.15) is 0 Å². The summed E-state index contributed by atoms with van der Waals surface area (Å²) in [4.78, 5) is 6.81. The van der Waals surface area contributed by atoms with Gasteiger partial charge in [0.05, 0.1) is 0 Å².